The maximum Gasteiger partial charge on any atom is 0.0307 e. The van der Waals surface area contributed by atoms with Crippen LogP contribution in [0, 0.1) is 38.9 Å². The molecule has 0 saturated heterocycles. The fourth-order valence-electron chi connectivity index (χ4n) is 1.24. The molecule has 0 saturated carbocycles. The first-order valence-electron chi connectivity index (χ1n) is 4.25. The van der Waals surface area contributed by atoms with Crippen LogP contribution in [0.25, 0.3) is 0 Å². The molecule has 0 spiro atoms. The molecule has 1 radical (unpaired) electrons. The summed E-state index contributed by atoms with van der Waals surface area (Å²) in [5.41, 5.74) is 1.56. The van der Waals surface area contributed by atoms with Crippen LogP contribution < -0.4 is 4.90 Å². The van der Waals surface area contributed by atoms with Gasteiger partial charge in [0.2, 0.25) is 0 Å². The average Bonchev–Trinajstić information content (AvgIpc) is 2.65. The molecule has 0 fully saturated rings. The first kappa shape index (κ1) is 18.1. The standard InChI is InChI=1S/C11H9N3.2CH3.Ir/c1-13-6-7-14(9-13)11-4-2-10(8-12)3-5-11;;;/h2-4,6-7,9H,1H3;2*1H3;/q-2;2*-1;. The summed E-state index contributed by atoms with van der Waals surface area (Å²) in [6, 6.07) is 10.5. The van der Waals surface area contributed by atoms with Crippen molar-refractivity contribution in [3.8, 4) is 6.07 Å². The Hall–Kier alpha value is -1.30. The number of rotatable bonds is 1. The van der Waals surface area contributed by atoms with Crippen molar-refractivity contribution in [2.45, 2.75) is 0 Å². The Morgan fingerprint density at radius 1 is 1.29 bits per heavy atom. The predicted molar refractivity (Wildman–Crippen MR) is 66.5 cm³/mol. The fraction of sp³-hybridized carbons (Fsp3) is 0.0769. The van der Waals surface area contributed by atoms with Crippen LogP contribution in [-0.4, -0.2) is 11.9 Å². The topological polar surface area (TPSA) is 30.3 Å². The maximum atomic E-state index is 8.62. The fourth-order valence-corrected chi connectivity index (χ4v) is 1.24. The van der Waals surface area contributed by atoms with Crippen LogP contribution in [0.1, 0.15) is 5.56 Å². The third kappa shape index (κ3) is 4.22. The van der Waals surface area contributed by atoms with E-state index in [0.29, 0.717) is 5.56 Å². The van der Waals surface area contributed by atoms with Crippen molar-refractivity contribution < 1.29 is 20.1 Å². The molecule has 1 heterocycles. The van der Waals surface area contributed by atoms with Crippen molar-refractivity contribution >= 4 is 5.69 Å². The van der Waals surface area contributed by atoms with Crippen LogP contribution in [0.2, 0.25) is 0 Å². The molecule has 0 N–H and O–H groups in total. The van der Waals surface area contributed by atoms with Crippen LogP contribution in [0.15, 0.2) is 30.6 Å². The molecule has 1 aromatic carbocycles. The van der Waals surface area contributed by atoms with Crippen molar-refractivity contribution in [2.24, 2.45) is 0 Å². The predicted octanol–water partition coefficient (Wildman–Crippen LogP) is 2.60. The van der Waals surface area contributed by atoms with Gasteiger partial charge < -0.3 is 24.7 Å². The van der Waals surface area contributed by atoms with Crippen LogP contribution in [0.4, 0.5) is 5.69 Å². The Labute approximate surface area is 118 Å². The molecule has 0 aromatic heterocycles. The van der Waals surface area contributed by atoms with Crippen molar-refractivity contribution in [3.05, 3.63) is 63.8 Å². The summed E-state index contributed by atoms with van der Waals surface area (Å²) >= 11 is 0. The van der Waals surface area contributed by atoms with Crippen molar-refractivity contribution in [1.82, 2.24) is 4.90 Å². The van der Waals surface area contributed by atoms with Crippen LogP contribution >= 0.6 is 0 Å². The summed E-state index contributed by atoms with van der Waals surface area (Å²) in [4.78, 5) is 3.90. The van der Waals surface area contributed by atoms with Gasteiger partial charge in [-0.2, -0.15) is 24.9 Å². The van der Waals surface area contributed by atoms with Gasteiger partial charge in [0.05, 0.1) is 0 Å². The van der Waals surface area contributed by atoms with E-state index in [-0.39, 0.29) is 35.0 Å². The summed E-state index contributed by atoms with van der Waals surface area (Å²) < 4.78 is 0. The summed E-state index contributed by atoms with van der Waals surface area (Å²) in [6.07, 6.45) is 3.89. The Bertz CT molecular complexity index is 392. The Balaban J connectivity index is 0. The smallest absolute Gasteiger partial charge is 0.0307 e. The maximum absolute atomic E-state index is 8.62. The van der Waals surface area contributed by atoms with Gasteiger partial charge in [0, 0.05) is 26.2 Å². The molecule has 0 bridgehead atoms. The average molecular weight is 406 g/mol. The normalized spacial score (nSPS) is 12.0. The molecule has 1 aliphatic heterocycles. The van der Waals surface area contributed by atoms with E-state index in [2.05, 4.69) is 12.1 Å². The van der Waals surface area contributed by atoms with Crippen LogP contribution in [0.5, 0.6) is 0 Å². The number of hydrogen-bond donors (Lipinski definition) is 0. The van der Waals surface area contributed by atoms with E-state index >= 15 is 0 Å². The molecule has 0 amide bonds. The summed E-state index contributed by atoms with van der Waals surface area (Å²) in [5.74, 6) is 0. The zero-order valence-electron chi connectivity index (χ0n) is 10.1. The van der Waals surface area contributed by atoms with Gasteiger partial charge in [0.1, 0.15) is 0 Å². The number of hydrogen-bond acceptors (Lipinski definition) is 3. The molecule has 1 aliphatic rings. The second-order valence-electron chi connectivity index (χ2n) is 3.06. The number of nitriles is 1. The molecule has 95 valence electrons. The van der Waals surface area contributed by atoms with Crippen molar-refractivity contribution in [3.63, 3.8) is 0 Å². The van der Waals surface area contributed by atoms with Gasteiger partial charge in [-0.1, -0.05) is 5.56 Å². The number of anilines is 1. The molecule has 0 unspecified atom stereocenters. The quantitative estimate of drug-likeness (QED) is 0.673. The van der Waals surface area contributed by atoms with Gasteiger partial charge in [0.15, 0.2) is 0 Å². The Morgan fingerprint density at radius 2 is 2.00 bits per heavy atom. The van der Waals surface area contributed by atoms with Crippen LogP contribution in [0.3, 0.4) is 0 Å². The van der Waals surface area contributed by atoms with E-state index in [9.17, 15) is 0 Å². The molecule has 4 heteroatoms. The number of benzene rings is 1. The van der Waals surface area contributed by atoms with E-state index < -0.39 is 0 Å². The molecule has 0 aliphatic carbocycles. The third-order valence-corrected chi connectivity index (χ3v) is 1.97. The minimum Gasteiger partial charge on any atom is -0.510 e. The molecular formula is C13H15IrN3-4. The number of nitrogens with zero attached hydrogens (tertiary/aromatic N) is 3. The molecule has 1 aromatic rings. The van der Waals surface area contributed by atoms with Gasteiger partial charge in [-0.05, 0) is 19.4 Å². The zero-order valence-corrected chi connectivity index (χ0v) is 12.5. The zero-order chi connectivity index (χ0) is 9.97. The van der Waals surface area contributed by atoms with Gasteiger partial charge >= 0.3 is 0 Å². The molecule has 3 nitrogen and oxygen atoms in total. The minimum atomic E-state index is 0. The largest absolute Gasteiger partial charge is 0.510 e. The van der Waals surface area contributed by atoms with Crippen molar-refractivity contribution in [1.29, 1.82) is 5.26 Å². The van der Waals surface area contributed by atoms with E-state index in [1.54, 1.807) is 12.1 Å². The minimum absolute atomic E-state index is 0. The van der Waals surface area contributed by atoms with E-state index in [1.807, 2.05) is 42.0 Å². The van der Waals surface area contributed by atoms with Gasteiger partial charge in [0.25, 0.3) is 0 Å². The van der Waals surface area contributed by atoms with Gasteiger partial charge in [-0.15, -0.1) is 11.8 Å². The second-order valence-corrected chi connectivity index (χ2v) is 3.06. The summed E-state index contributed by atoms with van der Waals surface area (Å²) in [6.45, 7) is 1.94. The summed E-state index contributed by atoms with van der Waals surface area (Å²) in [7, 11) is 1.96. The third-order valence-electron chi connectivity index (χ3n) is 1.97. The Morgan fingerprint density at radius 3 is 2.41 bits per heavy atom. The summed E-state index contributed by atoms with van der Waals surface area (Å²) in [5, 5.41) is 8.62. The van der Waals surface area contributed by atoms with Gasteiger partial charge in [-0.3, -0.25) is 0 Å². The first-order valence-corrected chi connectivity index (χ1v) is 4.25. The second kappa shape index (κ2) is 7.89. The first-order chi connectivity index (χ1) is 6.79. The molecule has 2 rings (SSSR count). The van der Waals surface area contributed by atoms with Gasteiger partial charge in [-0.25, -0.2) is 5.26 Å². The Kier molecular flexibility index (Phi) is 8.39. The molecule has 0 atom stereocenters. The van der Waals surface area contributed by atoms with E-state index in [1.165, 1.54) is 0 Å². The SMILES string of the molecule is CN1C=CN(c2[c-]cc(C#N)cc2)[CH-]1.[CH3-].[CH3-].[Ir]. The van der Waals surface area contributed by atoms with E-state index in [4.69, 9.17) is 5.26 Å². The van der Waals surface area contributed by atoms with Crippen molar-refractivity contribution in [2.75, 3.05) is 11.9 Å². The molecule has 17 heavy (non-hydrogen) atoms. The van der Waals surface area contributed by atoms with Crippen LogP contribution in [-0.2, 0) is 20.1 Å². The van der Waals surface area contributed by atoms with E-state index in [0.717, 1.165) is 5.69 Å². The molecular weight excluding hydrogens is 390 g/mol. The monoisotopic (exact) mass is 406 g/mol.